The number of carbonyl (C=O) groups excluding carboxylic acids is 1. The molecule has 1 N–H and O–H groups in total. The van der Waals surface area contributed by atoms with Crippen molar-refractivity contribution in [1.82, 2.24) is 4.90 Å². The van der Waals surface area contributed by atoms with Gasteiger partial charge in [-0.25, -0.2) is 0 Å². The van der Waals surface area contributed by atoms with Crippen molar-refractivity contribution in [1.29, 1.82) is 0 Å². The second-order valence-electron chi connectivity index (χ2n) is 8.06. The van der Waals surface area contributed by atoms with Crippen LogP contribution in [0.2, 0.25) is 0 Å². The maximum absolute atomic E-state index is 12.6. The Balaban J connectivity index is 1.53. The van der Waals surface area contributed by atoms with Crippen LogP contribution in [0.3, 0.4) is 0 Å². The largest absolute Gasteiger partial charge is 0.483 e. The molecule has 150 valence electrons. The van der Waals surface area contributed by atoms with Crippen LogP contribution in [0.4, 0.5) is 0 Å². The zero-order chi connectivity index (χ0) is 20.1. The minimum absolute atomic E-state index is 0.0175. The number of hydrogen-bond acceptors (Lipinski definition) is 3. The number of nitrogens with zero attached hydrogens (tertiary/aromatic N) is 1. The fourth-order valence-corrected chi connectivity index (χ4v) is 3.86. The fraction of sp³-hybridized carbons (Fsp3) is 0.458. The number of hydrogen-bond donors (Lipinski definition) is 1. The van der Waals surface area contributed by atoms with E-state index in [1.807, 2.05) is 48.2 Å². The molecule has 0 spiro atoms. The first kappa shape index (κ1) is 20.4. The molecule has 1 fully saturated rings. The summed E-state index contributed by atoms with van der Waals surface area (Å²) < 4.78 is 5.90. The number of amides is 1. The first-order valence-corrected chi connectivity index (χ1v) is 10.2. The Hall–Kier alpha value is -2.33. The van der Waals surface area contributed by atoms with Crippen LogP contribution in [0.25, 0.3) is 0 Å². The Morgan fingerprint density at radius 3 is 2.46 bits per heavy atom. The van der Waals surface area contributed by atoms with Gasteiger partial charge in [-0.3, -0.25) is 4.79 Å². The van der Waals surface area contributed by atoms with Crippen LogP contribution in [0.5, 0.6) is 5.75 Å². The molecule has 2 aromatic carbocycles. The highest BCUT2D eigenvalue weighted by molar-refractivity contribution is 5.78. The Bertz CT molecular complexity index is 780. The molecule has 2 aromatic rings. The molecule has 1 unspecified atom stereocenters. The van der Waals surface area contributed by atoms with Gasteiger partial charge in [-0.1, -0.05) is 56.3 Å². The average molecular weight is 382 g/mol. The van der Waals surface area contributed by atoms with Gasteiger partial charge >= 0.3 is 0 Å². The molecule has 1 saturated heterocycles. The van der Waals surface area contributed by atoms with Crippen molar-refractivity contribution in [3.63, 3.8) is 0 Å². The van der Waals surface area contributed by atoms with Crippen molar-refractivity contribution < 1.29 is 14.6 Å². The fourth-order valence-electron chi connectivity index (χ4n) is 3.86. The number of rotatable bonds is 6. The topological polar surface area (TPSA) is 49.8 Å². The SMILES string of the molecule is Cc1ccc(C(C)C)c(OCC(=O)N2CCC(C(O)c3ccccc3)CC2)c1. The predicted molar refractivity (Wildman–Crippen MR) is 111 cm³/mol. The molecule has 1 aliphatic heterocycles. The lowest BCUT2D eigenvalue weighted by Gasteiger charge is -2.34. The van der Waals surface area contributed by atoms with E-state index in [0.717, 1.165) is 35.3 Å². The van der Waals surface area contributed by atoms with Crippen molar-refractivity contribution in [3.05, 3.63) is 65.2 Å². The molecule has 3 rings (SSSR count). The third-order valence-electron chi connectivity index (χ3n) is 5.62. The van der Waals surface area contributed by atoms with Crippen molar-refractivity contribution in [2.45, 2.75) is 45.6 Å². The molecule has 1 atom stereocenters. The van der Waals surface area contributed by atoms with Gasteiger partial charge in [-0.05, 0) is 54.4 Å². The number of ether oxygens (including phenoxy) is 1. The van der Waals surface area contributed by atoms with E-state index in [0.29, 0.717) is 19.0 Å². The number of piperidine rings is 1. The third kappa shape index (κ3) is 4.93. The zero-order valence-corrected chi connectivity index (χ0v) is 17.1. The van der Waals surface area contributed by atoms with Crippen LogP contribution >= 0.6 is 0 Å². The van der Waals surface area contributed by atoms with E-state index in [9.17, 15) is 9.90 Å². The van der Waals surface area contributed by atoms with Crippen molar-refractivity contribution in [3.8, 4) is 5.75 Å². The van der Waals surface area contributed by atoms with Crippen LogP contribution in [0.1, 0.15) is 55.4 Å². The van der Waals surface area contributed by atoms with Crippen molar-refractivity contribution in [2.24, 2.45) is 5.92 Å². The summed E-state index contributed by atoms with van der Waals surface area (Å²) in [6.07, 6.45) is 1.16. The van der Waals surface area contributed by atoms with Crippen LogP contribution in [0, 0.1) is 12.8 Å². The maximum atomic E-state index is 12.6. The van der Waals surface area contributed by atoms with Crippen LogP contribution in [-0.4, -0.2) is 35.6 Å². The Morgan fingerprint density at radius 2 is 1.82 bits per heavy atom. The normalized spacial score (nSPS) is 16.2. The van der Waals surface area contributed by atoms with E-state index in [-0.39, 0.29) is 18.4 Å². The average Bonchev–Trinajstić information content (AvgIpc) is 2.72. The lowest BCUT2D eigenvalue weighted by atomic mass is 9.87. The van der Waals surface area contributed by atoms with Crippen LogP contribution < -0.4 is 4.74 Å². The molecule has 0 aromatic heterocycles. The number of benzene rings is 2. The lowest BCUT2D eigenvalue weighted by molar-refractivity contribution is -0.135. The van der Waals surface area contributed by atoms with Gasteiger partial charge in [0.05, 0.1) is 6.10 Å². The Morgan fingerprint density at radius 1 is 1.14 bits per heavy atom. The highest BCUT2D eigenvalue weighted by atomic mass is 16.5. The number of aliphatic hydroxyl groups excluding tert-OH is 1. The molecule has 1 aliphatic rings. The Labute approximate surface area is 168 Å². The molecule has 4 nitrogen and oxygen atoms in total. The summed E-state index contributed by atoms with van der Waals surface area (Å²) in [6.45, 7) is 7.68. The minimum atomic E-state index is -0.462. The molecule has 28 heavy (non-hydrogen) atoms. The van der Waals surface area contributed by atoms with Gasteiger partial charge in [0.2, 0.25) is 0 Å². The first-order chi connectivity index (χ1) is 13.5. The van der Waals surface area contributed by atoms with Gasteiger partial charge in [0.15, 0.2) is 6.61 Å². The van der Waals surface area contributed by atoms with E-state index in [1.165, 1.54) is 0 Å². The zero-order valence-electron chi connectivity index (χ0n) is 17.1. The van der Waals surface area contributed by atoms with E-state index in [4.69, 9.17) is 4.74 Å². The van der Waals surface area contributed by atoms with Crippen LogP contribution in [0.15, 0.2) is 48.5 Å². The summed E-state index contributed by atoms with van der Waals surface area (Å²) in [7, 11) is 0. The second-order valence-corrected chi connectivity index (χ2v) is 8.06. The molecule has 0 aliphatic carbocycles. The molecule has 0 radical (unpaired) electrons. The van der Waals surface area contributed by atoms with E-state index in [2.05, 4.69) is 26.0 Å². The van der Waals surface area contributed by atoms with Crippen molar-refractivity contribution in [2.75, 3.05) is 19.7 Å². The van der Waals surface area contributed by atoms with E-state index >= 15 is 0 Å². The number of carbonyl (C=O) groups is 1. The number of aliphatic hydroxyl groups is 1. The molecule has 0 saturated carbocycles. The maximum Gasteiger partial charge on any atom is 0.260 e. The number of likely N-dealkylation sites (tertiary alicyclic amines) is 1. The van der Waals surface area contributed by atoms with Gasteiger partial charge in [-0.15, -0.1) is 0 Å². The summed E-state index contributed by atoms with van der Waals surface area (Å²) in [4.78, 5) is 14.5. The van der Waals surface area contributed by atoms with Gasteiger partial charge < -0.3 is 14.7 Å². The Kier molecular flexibility index (Phi) is 6.74. The quantitative estimate of drug-likeness (QED) is 0.803. The lowest BCUT2D eigenvalue weighted by Crippen LogP contribution is -2.42. The van der Waals surface area contributed by atoms with Crippen LogP contribution in [-0.2, 0) is 4.79 Å². The molecular formula is C24H31NO3. The highest BCUT2D eigenvalue weighted by Crippen LogP contribution is 2.31. The third-order valence-corrected chi connectivity index (χ3v) is 5.62. The smallest absolute Gasteiger partial charge is 0.260 e. The predicted octanol–water partition coefficient (Wildman–Crippen LogP) is 4.47. The number of aryl methyl sites for hydroxylation is 1. The highest BCUT2D eigenvalue weighted by Gasteiger charge is 2.28. The first-order valence-electron chi connectivity index (χ1n) is 10.2. The van der Waals surface area contributed by atoms with Gasteiger partial charge in [-0.2, -0.15) is 0 Å². The van der Waals surface area contributed by atoms with Gasteiger partial charge in [0.25, 0.3) is 5.91 Å². The molecule has 1 amide bonds. The standard InChI is InChI=1S/C24H31NO3/c1-17(2)21-10-9-18(3)15-22(21)28-16-23(26)25-13-11-20(12-14-25)24(27)19-7-5-4-6-8-19/h4-10,15,17,20,24,27H,11-14,16H2,1-3H3. The summed E-state index contributed by atoms with van der Waals surface area (Å²) in [5, 5.41) is 10.6. The van der Waals surface area contributed by atoms with E-state index < -0.39 is 6.10 Å². The van der Waals surface area contributed by atoms with Gasteiger partial charge in [0.1, 0.15) is 5.75 Å². The van der Waals surface area contributed by atoms with Crippen molar-refractivity contribution >= 4 is 5.91 Å². The minimum Gasteiger partial charge on any atom is -0.483 e. The summed E-state index contributed by atoms with van der Waals surface area (Å²) in [5.41, 5.74) is 3.21. The second kappa shape index (κ2) is 9.24. The summed E-state index contributed by atoms with van der Waals surface area (Å²) in [6, 6.07) is 15.9. The summed E-state index contributed by atoms with van der Waals surface area (Å²) >= 11 is 0. The monoisotopic (exact) mass is 381 g/mol. The molecular weight excluding hydrogens is 350 g/mol. The van der Waals surface area contributed by atoms with E-state index in [1.54, 1.807) is 0 Å². The molecule has 0 bridgehead atoms. The van der Waals surface area contributed by atoms with Gasteiger partial charge in [0, 0.05) is 13.1 Å². The molecule has 4 heteroatoms. The summed E-state index contributed by atoms with van der Waals surface area (Å²) in [5.74, 6) is 1.36. The molecule has 1 heterocycles.